The summed E-state index contributed by atoms with van der Waals surface area (Å²) in [5, 5.41) is 3.21. The predicted octanol–water partition coefficient (Wildman–Crippen LogP) is 1.81. The highest BCUT2D eigenvalue weighted by Crippen LogP contribution is 2.28. The van der Waals surface area contributed by atoms with E-state index in [1.54, 1.807) is 16.4 Å². The Morgan fingerprint density at radius 3 is 2.68 bits per heavy atom. The molecule has 1 aliphatic rings. The summed E-state index contributed by atoms with van der Waals surface area (Å²) in [5.74, 6) is 0. The van der Waals surface area contributed by atoms with Gasteiger partial charge in [0.05, 0.1) is 4.90 Å². The van der Waals surface area contributed by atoms with Crippen molar-refractivity contribution >= 4 is 34.2 Å². The Hall–Kier alpha value is -0.270. The van der Waals surface area contributed by atoms with Crippen LogP contribution in [0, 0.1) is 0 Å². The Morgan fingerprint density at radius 2 is 2.05 bits per heavy atom. The molecule has 1 fully saturated rings. The zero-order valence-electron chi connectivity index (χ0n) is 11.0. The zero-order chi connectivity index (χ0) is 13.2. The minimum absolute atomic E-state index is 0. The molecule has 1 heterocycles. The van der Waals surface area contributed by atoms with Gasteiger partial charge in [0, 0.05) is 30.6 Å². The summed E-state index contributed by atoms with van der Waals surface area (Å²) in [7, 11) is -3.38. The molecule has 1 saturated heterocycles. The summed E-state index contributed by atoms with van der Waals surface area (Å²) in [6, 6.07) is 7.19. The van der Waals surface area contributed by atoms with Crippen molar-refractivity contribution < 1.29 is 8.42 Å². The van der Waals surface area contributed by atoms with E-state index in [0.29, 0.717) is 24.5 Å². The van der Waals surface area contributed by atoms with Crippen LogP contribution in [0.4, 0.5) is 0 Å². The molecule has 1 atom stereocenters. The second-order valence-corrected chi connectivity index (χ2v) is 7.03. The van der Waals surface area contributed by atoms with Crippen LogP contribution in [0.5, 0.6) is 0 Å². The van der Waals surface area contributed by atoms with Gasteiger partial charge >= 0.3 is 0 Å². The van der Waals surface area contributed by atoms with Crippen molar-refractivity contribution in [2.45, 2.75) is 22.8 Å². The summed E-state index contributed by atoms with van der Waals surface area (Å²) < 4.78 is 26.9. The minimum atomic E-state index is -3.38. The smallest absolute Gasteiger partial charge is 0.244 e. The van der Waals surface area contributed by atoms with Crippen molar-refractivity contribution in [2.75, 3.05) is 25.9 Å². The monoisotopic (exact) mass is 322 g/mol. The van der Waals surface area contributed by atoms with E-state index in [2.05, 4.69) is 5.32 Å². The van der Waals surface area contributed by atoms with Gasteiger partial charge in [0.15, 0.2) is 0 Å². The Balaban J connectivity index is 0.00000180. The van der Waals surface area contributed by atoms with Gasteiger partial charge in [-0.15, -0.1) is 24.2 Å². The van der Waals surface area contributed by atoms with E-state index in [4.69, 9.17) is 0 Å². The molecule has 4 nitrogen and oxygen atoms in total. The second-order valence-electron chi connectivity index (χ2n) is 4.32. The lowest BCUT2D eigenvalue weighted by molar-refractivity contribution is 0.283. The molecule has 1 unspecified atom stereocenters. The molecule has 0 saturated carbocycles. The molecule has 0 spiro atoms. The Kier molecular flexibility index (Phi) is 6.14. The molecule has 1 aliphatic heterocycles. The van der Waals surface area contributed by atoms with Crippen LogP contribution >= 0.6 is 24.2 Å². The normalized spacial score (nSPS) is 20.8. The van der Waals surface area contributed by atoms with Gasteiger partial charge in [-0.25, -0.2) is 8.42 Å². The van der Waals surface area contributed by atoms with Gasteiger partial charge in [0.2, 0.25) is 10.0 Å². The predicted molar refractivity (Wildman–Crippen MR) is 81.7 cm³/mol. The van der Waals surface area contributed by atoms with Crippen molar-refractivity contribution in [1.82, 2.24) is 9.62 Å². The molecule has 1 aromatic rings. The van der Waals surface area contributed by atoms with Crippen molar-refractivity contribution in [1.29, 1.82) is 0 Å². The van der Waals surface area contributed by atoms with Crippen LogP contribution in [0.2, 0.25) is 0 Å². The molecule has 19 heavy (non-hydrogen) atoms. The van der Waals surface area contributed by atoms with Crippen LogP contribution in [-0.2, 0) is 10.0 Å². The van der Waals surface area contributed by atoms with Crippen LogP contribution < -0.4 is 5.32 Å². The highest BCUT2D eigenvalue weighted by atomic mass is 35.5. The summed E-state index contributed by atoms with van der Waals surface area (Å²) in [6.07, 6.45) is 1.90. The van der Waals surface area contributed by atoms with Gasteiger partial charge in [-0.05, 0) is 25.3 Å². The van der Waals surface area contributed by atoms with E-state index in [9.17, 15) is 8.42 Å². The number of thioether (sulfide) groups is 1. The topological polar surface area (TPSA) is 49.4 Å². The summed E-state index contributed by atoms with van der Waals surface area (Å²) >= 11 is 1.47. The Morgan fingerprint density at radius 1 is 1.37 bits per heavy atom. The fraction of sp³-hybridized carbons (Fsp3) is 0.500. The van der Waals surface area contributed by atoms with Crippen LogP contribution in [0.15, 0.2) is 34.1 Å². The van der Waals surface area contributed by atoms with Crippen molar-refractivity contribution in [2.24, 2.45) is 0 Å². The maximum Gasteiger partial charge on any atom is 0.244 e. The molecule has 0 amide bonds. The van der Waals surface area contributed by atoms with E-state index in [-0.39, 0.29) is 18.4 Å². The molecule has 0 aromatic heterocycles. The standard InChI is InChI=1S/C12H18N2O2S2.ClH/c1-10-9-13-7-8-14(10)18(15,16)12-6-4-3-5-11(12)17-2;/h3-6,10,13H,7-9H2,1-2H3;1H. The number of benzene rings is 1. The lowest BCUT2D eigenvalue weighted by Gasteiger charge is -2.33. The number of rotatable bonds is 3. The molecule has 108 valence electrons. The molecule has 7 heteroatoms. The number of nitrogens with zero attached hydrogens (tertiary/aromatic N) is 1. The highest BCUT2D eigenvalue weighted by molar-refractivity contribution is 7.99. The average molecular weight is 323 g/mol. The van der Waals surface area contributed by atoms with Crippen LogP contribution in [-0.4, -0.2) is 44.7 Å². The van der Waals surface area contributed by atoms with Crippen LogP contribution in [0.25, 0.3) is 0 Å². The van der Waals surface area contributed by atoms with Crippen LogP contribution in [0.1, 0.15) is 6.92 Å². The molecule has 0 aliphatic carbocycles. The van der Waals surface area contributed by atoms with Crippen molar-refractivity contribution in [3.05, 3.63) is 24.3 Å². The molecule has 2 rings (SSSR count). The van der Waals surface area contributed by atoms with E-state index in [1.807, 2.05) is 25.3 Å². The third kappa shape index (κ3) is 3.44. The Labute approximate surface area is 125 Å². The number of hydrogen-bond donors (Lipinski definition) is 1. The first-order valence-corrected chi connectivity index (χ1v) is 8.59. The number of sulfonamides is 1. The minimum Gasteiger partial charge on any atom is -0.314 e. The van der Waals surface area contributed by atoms with E-state index < -0.39 is 10.0 Å². The average Bonchev–Trinajstić information content (AvgIpc) is 2.39. The first-order valence-electron chi connectivity index (χ1n) is 5.93. The maximum atomic E-state index is 12.7. The number of hydrogen-bond acceptors (Lipinski definition) is 4. The number of nitrogens with one attached hydrogen (secondary N) is 1. The molecule has 0 bridgehead atoms. The highest BCUT2D eigenvalue weighted by Gasteiger charge is 2.32. The second kappa shape index (κ2) is 6.95. The first-order chi connectivity index (χ1) is 8.57. The fourth-order valence-electron chi connectivity index (χ4n) is 2.14. The first kappa shape index (κ1) is 16.8. The maximum absolute atomic E-state index is 12.7. The lowest BCUT2D eigenvalue weighted by Crippen LogP contribution is -2.52. The molecule has 1 aromatic carbocycles. The molecule has 1 N–H and O–H groups in total. The van der Waals surface area contributed by atoms with E-state index in [0.717, 1.165) is 4.90 Å². The SMILES string of the molecule is CSc1ccccc1S(=O)(=O)N1CCNCC1C.Cl. The third-order valence-electron chi connectivity index (χ3n) is 3.10. The van der Waals surface area contributed by atoms with Gasteiger partial charge in [0.1, 0.15) is 0 Å². The Bertz CT molecular complexity index is 522. The fourth-order valence-corrected chi connectivity index (χ4v) is 4.89. The third-order valence-corrected chi connectivity index (χ3v) is 6.09. The van der Waals surface area contributed by atoms with E-state index >= 15 is 0 Å². The quantitative estimate of drug-likeness (QED) is 0.862. The summed E-state index contributed by atoms with van der Waals surface area (Å²) in [6.45, 7) is 3.89. The largest absolute Gasteiger partial charge is 0.314 e. The van der Waals surface area contributed by atoms with Crippen LogP contribution in [0.3, 0.4) is 0 Å². The van der Waals surface area contributed by atoms with Crippen molar-refractivity contribution in [3.8, 4) is 0 Å². The molecular weight excluding hydrogens is 304 g/mol. The van der Waals surface area contributed by atoms with E-state index in [1.165, 1.54) is 11.8 Å². The lowest BCUT2D eigenvalue weighted by atomic mass is 10.3. The van der Waals surface area contributed by atoms with Gasteiger partial charge in [0.25, 0.3) is 0 Å². The van der Waals surface area contributed by atoms with Gasteiger partial charge in [-0.1, -0.05) is 12.1 Å². The number of piperazine rings is 1. The van der Waals surface area contributed by atoms with Gasteiger partial charge < -0.3 is 5.32 Å². The molecular formula is C12H19ClN2O2S2. The van der Waals surface area contributed by atoms with Gasteiger partial charge in [-0.2, -0.15) is 4.31 Å². The van der Waals surface area contributed by atoms with Gasteiger partial charge in [-0.3, -0.25) is 0 Å². The van der Waals surface area contributed by atoms with Crippen molar-refractivity contribution in [3.63, 3.8) is 0 Å². The number of halogens is 1. The summed E-state index contributed by atoms with van der Waals surface area (Å²) in [5.41, 5.74) is 0. The summed E-state index contributed by atoms with van der Waals surface area (Å²) in [4.78, 5) is 1.23. The zero-order valence-corrected chi connectivity index (χ0v) is 13.4. The molecule has 0 radical (unpaired) electrons.